The van der Waals surface area contributed by atoms with Crippen molar-refractivity contribution in [2.45, 2.75) is 10.6 Å². The third-order valence-electron chi connectivity index (χ3n) is 5.30. The Morgan fingerprint density at radius 3 is 2.36 bits per heavy atom. The van der Waals surface area contributed by atoms with E-state index in [4.69, 9.17) is 0 Å². The lowest BCUT2D eigenvalue weighted by Crippen LogP contribution is -2.58. The summed E-state index contributed by atoms with van der Waals surface area (Å²) in [7, 11) is -4.28. The van der Waals surface area contributed by atoms with Gasteiger partial charge >= 0.3 is 0 Å². The molecule has 0 bridgehead atoms. The quantitative estimate of drug-likeness (QED) is 0.427. The van der Waals surface area contributed by atoms with Crippen LogP contribution in [0.25, 0.3) is 0 Å². The number of hydrogen-bond acceptors (Lipinski definition) is 5. The van der Waals surface area contributed by atoms with E-state index in [0.29, 0.717) is 23.4 Å². The molecule has 0 aromatic heterocycles. The van der Waals surface area contributed by atoms with Crippen LogP contribution < -0.4 is 20.7 Å². The van der Waals surface area contributed by atoms with Gasteiger partial charge in [0.2, 0.25) is 15.7 Å². The fourth-order valence-corrected chi connectivity index (χ4v) is 5.24. The molecule has 0 aliphatic carbocycles. The SMILES string of the molecule is O=C(Nc1cc(F)c(F)c(F)c1)c1ccc2c(c1)S(=O)(=O)N[C@]1(N2)C(=O)Nc2ccccc21. The van der Waals surface area contributed by atoms with Crippen LogP contribution in [0.3, 0.4) is 0 Å². The van der Waals surface area contributed by atoms with Crippen molar-refractivity contribution in [1.82, 2.24) is 4.72 Å². The number of halogens is 3. The van der Waals surface area contributed by atoms with E-state index in [-0.39, 0.29) is 21.8 Å². The molecule has 0 saturated carbocycles. The Morgan fingerprint density at radius 1 is 0.939 bits per heavy atom. The molecule has 4 N–H and O–H groups in total. The van der Waals surface area contributed by atoms with E-state index in [2.05, 4.69) is 20.7 Å². The monoisotopic (exact) mass is 474 g/mol. The number of nitrogens with one attached hydrogen (secondary N) is 4. The van der Waals surface area contributed by atoms with Gasteiger partial charge in [-0.25, -0.2) is 21.6 Å². The minimum absolute atomic E-state index is 0.0658. The van der Waals surface area contributed by atoms with Gasteiger partial charge in [0, 0.05) is 34.6 Å². The summed E-state index contributed by atoms with van der Waals surface area (Å²) in [6, 6.07) is 11.4. The van der Waals surface area contributed by atoms with Crippen LogP contribution in [0, 0.1) is 17.5 Å². The normalized spacial score (nSPS) is 19.9. The van der Waals surface area contributed by atoms with Crippen LogP contribution >= 0.6 is 0 Å². The van der Waals surface area contributed by atoms with E-state index < -0.39 is 45.0 Å². The summed E-state index contributed by atoms with van der Waals surface area (Å²) in [6.45, 7) is 0. The molecular formula is C21H13F3N4O4S. The third kappa shape index (κ3) is 3.22. The smallest absolute Gasteiger partial charge is 0.271 e. The number of rotatable bonds is 2. The average Bonchev–Trinajstić information content (AvgIpc) is 3.02. The van der Waals surface area contributed by atoms with E-state index in [1.54, 1.807) is 24.3 Å². The van der Waals surface area contributed by atoms with Crippen LogP contribution in [0.2, 0.25) is 0 Å². The summed E-state index contributed by atoms with van der Waals surface area (Å²) in [5.41, 5.74) is -1.39. The summed E-state index contributed by atoms with van der Waals surface area (Å²) in [5.74, 6) is -6.18. The number of hydrogen-bond donors (Lipinski definition) is 4. The molecule has 1 spiro atoms. The van der Waals surface area contributed by atoms with E-state index in [1.165, 1.54) is 12.1 Å². The van der Waals surface area contributed by atoms with Crippen LogP contribution in [0.15, 0.2) is 59.5 Å². The molecule has 5 rings (SSSR count). The van der Waals surface area contributed by atoms with Gasteiger partial charge in [-0.15, -0.1) is 0 Å². The zero-order valence-electron chi connectivity index (χ0n) is 16.4. The number of amides is 2. The number of fused-ring (bicyclic) bond motifs is 3. The van der Waals surface area contributed by atoms with Crippen molar-refractivity contribution in [3.8, 4) is 0 Å². The second-order valence-electron chi connectivity index (χ2n) is 7.40. The molecule has 1 atom stereocenters. The first-order chi connectivity index (χ1) is 15.6. The Hall–Kier alpha value is -3.90. The molecular weight excluding hydrogens is 461 g/mol. The standard InChI is InChI=1S/C21H13F3N4O4S/c22-13-8-11(9-14(23)18(13)24)25-19(29)10-5-6-16-17(7-10)33(31,32)28-21(27-16)12-3-1-2-4-15(12)26-20(21)30/h1-9,27-28H,(H,25,29)(H,26,30)/t21-/m0/s1. The highest BCUT2D eigenvalue weighted by molar-refractivity contribution is 7.89. The second kappa shape index (κ2) is 7.05. The van der Waals surface area contributed by atoms with E-state index >= 15 is 0 Å². The number of para-hydroxylation sites is 1. The Bertz CT molecular complexity index is 1460. The van der Waals surface area contributed by atoms with Gasteiger partial charge in [0.25, 0.3) is 11.8 Å². The summed E-state index contributed by atoms with van der Waals surface area (Å²) in [6.07, 6.45) is 0. The largest absolute Gasteiger partial charge is 0.354 e. The molecule has 2 aliphatic rings. The van der Waals surface area contributed by atoms with Gasteiger partial charge in [0.1, 0.15) is 4.90 Å². The Labute approximate surface area is 184 Å². The van der Waals surface area contributed by atoms with Gasteiger partial charge in [-0.05, 0) is 24.3 Å². The van der Waals surface area contributed by atoms with Crippen molar-refractivity contribution in [3.63, 3.8) is 0 Å². The molecule has 3 aromatic rings. The Morgan fingerprint density at radius 2 is 1.64 bits per heavy atom. The molecule has 0 unspecified atom stereocenters. The van der Waals surface area contributed by atoms with Gasteiger partial charge in [-0.1, -0.05) is 18.2 Å². The molecule has 0 fully saturated rings. The molecule has 2 heterocycles. The minimum Gasteiger partial charge on any atom is -0.354 e. The predicted octanol–water partition coefficient (Wildman–Crippen LogP) is 2.87. The Kier molecular flexibility index (Phi) is 4.48. The van der Waals surface area contributed by atoms with Gasteiger partial charge in [-0.2, -0.15) is 4.72 Å². The van der Waals surface area contributed by atoms with Gasteiger partial charge < -0.3 is 16.0 Å². The zero-order valence-corrected chi connectivity index (χ0v) is 17.2. The van der Waals surface area contributed by atoms with Crippen molar-refractivity contribution in [2.24, 2.45) is 0 Å². The maximum absolute atomic E-state index is 13.4. The molecule has 33 heavy (non-hydrogen) atoms. The average molecular weight is 474 g/mol. The van der Waals surface area contributed by atoms with Crippen LogP contribution in [-0.2, 0) is 20.5 Å². The molecule has 0 radical (unpaired) electrons. The maximum Gasteiger partial charge on any atom is 0.271 e. The van der Waals surface area contributed by atoms with Crippen LogP contribution in [-0.4, -0.2) is 20.2 Å². The molecule has 2 aliphatic heterocycles. The van der Waals surface area contributed by atoms with Crippen LogP contribution in [0.5, 0.6) is 0 Å². The number of benzene rings is 3. The topological polar surface area (TPSA) is 116 Å². The first-order valence-corrected chi connectivity index (χ1v) is 10.9. The maximum atomic E-state index is 13.4. The summed E-state index contributed by atoms with van der Waals surface area (Å²) in [4.78, 5) is 24.9. The van der Waals surface area contributed by atoms with Crippen LogP contribution in [0.4, 0.5) is 30.2 Å². The Balaban J connectivity index is 1.50. The number of carbonyl (C=O) groups excluding carboxylic acids is 2. The molecule has 2 amide bonds. The lowest BCUT2D eigenvalue weighted by Gasteiger charge is -2.35. The van der Waals surface area contributed by atoms with Crippen molar-refractivity contribution in [2.75, 3.05) is 16.0 Å². The van der Waals surface area contributed by atoms with E-state index in [1.807, 2.05) is 0 Å². The predicted molar refractivity (Wildman–Crippen MR) is 111 cm³/mol. The second-order valence-corrected chi connectivity index (χ2v) is 9.05. The van der Waals surface area contributed by atoms with Crippen LogP contribution in [0.1, 0.15) is 15.9 Å². The van der Waals surface area contributed by atoms with Crippen molar-refractivity contribution in [3.05, 3.63) is 83.2 Å². The van der Waals surface area contributed by atoms with Crippen molar-refractivity contribution < 1.29 is 31.2 Å². The number of carbonyl (C=O) groups is 2. The van der Waals surface area contributed by atoms with Gasteiger partial charge in [0.05, 0.1) is 5.69 Å². The molecule has 168 valence electrons. The highest BCUT2D eigenvalue weighted by Crippen LogP contribution is 2.42. The van der Waals surface area contributed by atoms with Crippen molar-refractivity contribution >= 4 is 38.9 Å². The fourth-order valence-electron chi connectivity index (χ4n) is 3.79. The first kappa shape index (κ1) is 21.0. The lowest BCUT2D eigenvalue weighted by molar-refractivity contribution is -0.120. The number of sulfonamides is 1. The van der Waals surface area contributed by atoms with Crippen molar-refractivity contribution in [1.29, 1.82) is 0 Å². The number of anilines is 3. The lowest BCUT2D eigenvalue weighted by atomic mass is 10.0. The molecule has 0 saturated heterocycles. The summed E-state index contributed by atoms with van der Waals surface area (Å²) >= 11 is 0. The highest BCUT2D eigenvalue weighted by atomic mass is 32.2. The highest BCUT2D eigenvalue weighted by Gasteiger charge is 2.53. The van der Waals surface area contributed by atoms with Gasteiger partial charge in [-0.3, -0.25) is 9.59 Å². The summed E-state index contributed by atoms with van der Waals surface area (Å²) < 4.78 is 68.4. The van der Waals surface area contributed by atoms with E-state index in [0.717, 1.165) is 6.07 Å². The van der Waals surface area contributed by atoms with E-state index in [9.17, 15) is 31.2 Å². The molecule has 12 heteroatoms. The minimum atomic E-state index is -4.28. The zero-order chi connectivity index (χ0) is 23.5. The summed E-state index contributed by atoms with van der Waals surface area (Å²) in [5, 5.41) is 7.70. The third-order valence-corrected chi connectivity index (χ3v) is 6.80. The first-order valence-electron chi connectivity index (χ1n) is 9.44. The molecule has 3 aromatic carbocycles. The van der Waals surface area contributed by atoms with Gasteiger partial charge in [0.15, 0.2) is 17.5 Å². The fraction of sp³-hybridized carbons (Fsp3) is 0.0476. The molecule has 8 nitrogen and oxygen atoms in total.